The maximum atomic E-state index is 5.92. The molecule has 1 heterocycles. The van der Waals surface area contributed by atoms with Gasteiger partial charge in [0.15, 0.2) is 5.82 Å². The van der Waals surface area contributed by atoms with E-state index in [-0.39, 0.29) is 5.60 Å². The number of anilines is 1. The number of hydrogen-bond acceptors (Lipinski definition) is 4. The van der Waals surface area contributed by atoms with Gasteiger partial charge in [0.1, 0.15) is 11.4 Å². The van der Waals surface area contributed by atoms with Crippen molar-refractivity contribution in [3.05, 3.63) is 17.6 Å². The van der Waals surface area contributed by atoms with Gasteiger partial charge in [-0.1, -0.05) is 26.7 Å². The lowest BCUT2D eigenvalue weighted by Gasteiger charge is -2.37. The second kappa shape index (κ2) is 6.53. The van der Waals surface area contributed by atoms with Crippen molar-refractivity contribution in [2.45, 2.75) is 58.0 Å². The summed E-state index contributed by atoms with van der Waals surface area (Å²) in [6.07, 6.45) is 6.58. The van der Waals surface area contributed by atoms with Gasteiger partial charge in [-0.15, -0.1) is 0 Å². The molecule has 0 bridgehead atoms. The summed E-state index contributed by atoms with van der Waals surface area (Å²) in [7, 11) is 3.71. The Morgan fingerprint density at radius 1 is 1.45 bits per heavy atom. The number of methoxy groups -OCH3 is 1. The summed E-state index contributed by atoms with van der Waals surface area (Å²) < 4.78 is 5.92. The maximum Gasteiger partial charge on any atom is 0.162 e. The van der Waals surface area contributed by atoms with E-state index in [0.29, 0.717) is 5.92 Å². The molecule has 1 N–H and O–H groups in total. The van der Waals surface area contributed by atoms with Crippen molar-refractivity contribution in [1.29, 1.82) is 0 Å². The number of nitrogens with one attached hydrogen (secondary N) is 1. The van der Waals surface area contributed by atoms with Gasteiger partial charge in [0, 0.05) is 25.9 Å². The van der Waals surface area contributed by atoms with E-state index < -0.39 is 0 Å². The Bertz CT molecular complexity index is 449. The monoisotopic (exact) mass is 277 g/mol. The predicted molar refractivity (Wildman–Crippen MR) is 81.9 cm³/mol. The van der Waals surface area contributed by atoms with Crippen molar-refractivity contribution < 1.29 is 4.74 Å². The number of hydrogen-bond donors (Lipinski definition) is 1. The first-order valence-electron chi connectivity index (χ1n) is 7.75. The zero-order chi connectivity index (χ0) is 14.6. The second-order valence-corrected chi connectivity index (χ2v) is 5.97. The molecule has 20 heavy (non-hydrogen) atoms. The Balaban J connectivity index is 2.39. The van der Waals surface area contributed by atoms with Crippen molar-refractivity contribution in [2.75, 3.05) is 19.5 Å². The molecule has 4 nitrogen and oxygen atoms in total. The van der Waals surface area contributed by atoms with Crippen LogP contribution in [0.15, 0.2) is 6.07 Å². The normalized spacial score (nSPS) is 26.5. The molecule has 2 rings (SSSR count). The highest BCUT2D eigenvalue weighted by atomic mass is 16.5. The number of aromatic nitrogens is 2. The molecular weight excluding hydrogens is 250 g/mol. The molecule has 1 aliphatic carbocycles. The lowest BCUT2D eigenvalue weighted by Crippen LogP contribution is -2.36. The molecule has 1 saturated carbocycles. The van der Waals surface area contributed by atoms with E-state index in [4.69, 9.17) is 9.72 Å². The highest BCUT2D eigenvalue weighted by Crippen LogP contribution is 2.41. The van der Waals surface area contributed by atoms with E-state index in [1.165, 1.54) is 12.8 Å². The van der Waals surface area contributed by atoms with Crippen molar-refractivity contribution in [1.82, 2.24) is 9.97 Å². The Morgan fingerprint density at radius 3 is 2.85 bits per heavy atom. The van der Waals surface area contributed by atoms with E-state index in [2.05, 4.69) is 24.1 Å². The van der Waals surface area contributed by atoms with Crippen LogP contribution in [0.4, 0.5) is 5.82 Å². The van der Waals surface area contributed by atoms with Crippen LogP contribution in [-0.4, -0.2) is 24.1 Å². The van der Waals surface area contributed by atoms with Crippen molar-refractivity contribution >= 4 is 5.82 Å². The zero-order valence-corrected chi connectivity index (χ0v) is 13.2. The van der Waals surface area contributed by atoms with Crippen LogP contribution < -0.4 is 5.32 Å². The smallest absolute Gasteiger partial charge is 0.162 e. The molecule has 2 atom stereocenters. The molecular formula is C16H27N3O. The molecule has 1 fully saturated rings. The molecule has 2 unspecified atom stereocenters. The average Bonchev–Trinajstić information content (AvgIpc) is 2.47. The minimum atomic E-state index is -0.299. The molecule has 0 amide bonds. The van der Waals surface area contributed by atoms with E-state index in [1.54, 1.807) is 7.11 Å². The molecule has 0 aliphatic heterocycles. The minimum absolute atomic E-state index is 0.299. The number of nitrogens with zero attached hydrogens (tertiary/aromatic N) is 2. The van der Waals surface area contributed by atoms with Crippen LogP contribution in [0.25, 0.3) is 0 Å². The molecule has 1 aromatic heterocycles. The summed E-state index contributed by atoms with van der Waals surface area (Å²) in [4.78, 5) is 9.48. The second-order valence-electron chi connectivity index (χ2n) is 5.97. The molecule has 0 saturated heterocycles. The third-order valence-electron chi connectivity index (χ3n) is 4.30. The lowest BCUT2D eigenvalue weighted by molar-refractivity contribution is -0.0646. The van der Waals surface area contributed by atoms with E-state index in [0.717, 1.165) is 43.0 Å². The Hall–Kier alpha value is -1.16. The summed E-state index contributed by atoms with van der Waals surface area (Å²) in [5.41, 5.74) is 0.809. The van der Waals surface area contributed by atoms with E-state index >= 15 is 0 Å². The van der Waals surface area contributed by atoms with Gasteiger partial charge in [-0.2, -0.15) is 0 Å². The topological polar surface area (TPSA) is 47.0 Å². The Morgan fingerprint density at radius 2 is 2.25 bits per heavy atom. The third-order valence-corrected chi connectivity index (χ3v) is 4.30. The first-order valence-corrected chi connectivity index (χ1v) is 7.75. The zero-order valence-electron chi connectivity index (χ0n) is 13.2. The highest BCUT2D eigenvalue weighted by molar-refractivity contribution is 5.36. The van der Waals surface area contributed by atoms with Crippen LogP contribution in [0.2, 0.25) is 0 Å². The van der Waals surface area contributed by atoms with E-state index in [1.807, 2.05) is 13.1 Å². The molecule has 1 aliphatic rings. The van der Waals surface area contributed by atoms with Gasteiger partial charge in [-0.05, 0) is 31.6 Å². The fourth-order valence-electron chi connectivity index (χ4n) is 3.20. The van der Waals surface area contributed by atoms with Crippen LogP contribution in [0.3, 0.4) is 0 Å². The van der Waals surface area contributed by atoms with Crippen molar-refractivity contribution in [3.63, 3.8) is 0 Å². The van der Waals surface area contributed by atoms with Gasteiger partial charge >= 0.3 is 0 Å². The first kappa shape index (κ1) is 15.2. The summed E-state index contributed by atoms with van der Waals surface area (Å²) in [5.74, 6) is 2.43. The fraction of sp³-hybridized carbons (Fsp3) is 0.750. The van der Waals surface area contributed by atoms with Gasteiger partial charge in [-0.25, -0.2) is 9.97 Å². The predicted octanol–water partition coefficient (Wildman–Crippen LogP) is 3.52. The molecule has 0 aromatic carbocycles. The minimum Gasteiger partial charge on any atom is -0.373 e. The van der Waals surface area contributed by atoms with Gasteiger partial charge in [0.25, 0.3) is 0 Å². The largest absolute Gasteiger partial charge is 0.373 e. The van der Waals surface area contributed by atoms with Gasteiger partial charge in [0.05, 0.1) is 0 Å². The number of rotatable bonds is 5. The van der Waals surface area contributed by atoms with Gasteiger partial charge < -0.3 is 10.1 Å². The third kappa shape index (κ3) is 3.11. The van der Waals surface area contributed by atoms with Crippen molar-refractivity contribution in [3.8, 4) is 0 Å². The summed E-state index contributed by atoms with van der Waals surface area (Å²) >= 11 is 0. The van der Waals surface area contributed by atoms with Crippen LogP contribution in [0, 0.1) is 5.92 Å². The SMILES string of the molecule is CCCc1cc(NC)nc(C2(OC)CCCC(C)C2)n1. The first-order chi connectivity index (χ1) is 9.63. The van der Waals surface area contributed by atoms with Gasteiger partial charge in [-0.3, -0.25) is 0 Å². The summed E-state index contributed by atoms with van der Waals surface area (Å²) in [6.45, 7) is 4.47. The van der Waals surface area contributed by atoms with Crippen LogP contribution in [0.1, 0.15) is 57.5 Å². The molecule has 112 valence electrons. The average molecular weight is 277 g/mol. The summed E-state index contributed by atoms with van der Waals surface area (Å²) in [6, 6.07) is 2.04. The maximum absolute atomic E-state index is 5.92. The molecule has 0 spiro atoms. The van der Waals surface area contributed by atoms with Crippen molar-refractivity contribution in [2.24, 2.45) is 5.92 Å². The molecule has 4 heteroatoms. The molecule has 1 aromatic rings. The van der Waals surface area contributed by atoms with Crippen LogP contribution >= 0.6 is 0 Å². The lowest BCUT2D eigenvalue weighted by atomic mass is 9.78. The number of aryl methyl sites for hydroxylation is 1. The van der Waals surface area contributed by atoms with Crippen LogP contribution in [0.5, 0.6) is 0 Å². The summed E-state index contributed by atoms with van der Waals surface area (Å²) in [5, 5.41) is 3.15. The van der Waals surface area contributed by atoms with Gasteiger partial charge in [0.2, 0.25) is 0 Å². The highest BCUT2D eigenvalue weighted by Gasteiger charge is 2.39. The van der Waals surface area contributed by atoms with E-state index in [9.17, 15) is 0 Å². The molecule has 0 radical (unpaired) electrons. The standard InChI is InChI=1S/C16H27N3O/c1-5-7-13-10-14(17-3)19-15(18-13)16(20-4)9-6-8-12(2)11-16/h10,12H,5-9,11H2,1-4H3,(H,17,18,19). The van der Waals surface area contributed by atoms with Crippen LogP contribution in [-0.2, 0) is 16.8 Å². The quantitative estimate of drug-likeness (QED) is 0.894. The fourth-order valence-corrected chi connectivity index (χ4v) is 3.20. The number of ether oxygens (including phenoxy) is 1. The Labute approximate surface area is 122 Å². The Kier molecular flexibility index (Phi) is 4.97.